The van der Waals surface area contributed by atoms with Gasteiger partial charge >= 0.3 is 6.18 Å². The molecular weight excluding hydrogens is 243 g/mol. The van der Waals surface area contributed by atoms with E-state index in [1.807, 2.05) is 4.90 Å². The number of nitrogens with two attached hydrogens (primary N) is 1. The van der Waals surface area contributed by atoms with Gasteiger partial charge in [0.15, 0.2) is 0 Å². The van der Waals surface area contributed by atoms with Crippen LogP contribution in [0, 0.1) is 5.92 Å². The summed E-state index contributed by atoms with van der Waals surface area (Å²) in [4.78, 5) is 5.92. The van der Waals surface area contributed by atoms with E-state index in [1.165, 1.54) is 6.20 Å². The van der Waals surface area contributed by atoms with Gasteiger partial charge in [0.1, 0.15) is 5.82 Å². The molecule has 3 nitrogen and oxygen atoms in total. The fourth-order valence-corrected chi connectivity index (χ4v) is 2.28. The molecule has 1 fully saturated rings. The molecular formula is C12H16F3N3. The van der Waals surface area contributed by atoms with Crippen molar-refractivity contribution in [3.05, 3.63) is 23.9 Å². The number of pyridine rings is 1. The molecule has 2 rings (SSSR count). The molecule has 1 aromatic heterocycles. The summed E-state index contributed by atoms with van der Waals surface area (Å²) in [6.45, 7) is 2.11. The average molecular weight is 259 g/mol. The summed E-state index contributed by atoms with van der Waals surface area (Å²) in [5.41, 5.74) is 4.85. The third-order valence-electron chi connectivity index (χ3n) is 3.26. The van der Waals surface area contributed by atoms with Gasteiger partial charge in [-0.2, -0.15) is 13.2 Å². The average Bonchev–Trinajstić information content (AvgIpc) is 2.77. The number of halogens is 3. The van der Waals surface area contributed by atoms with Crippen LogP contribution in [0.1, 0.15) is 18.4 Å². The number of nitrogens with zero attached hydrogens (tertiary/aromatic N) is 2. The van der Waals surface area contributed by atoms with Crippen LogP contribution in [0.2, 0.25) is 0 Å². The van der Waals surface area contributed by atoms with Crippen molar-refractivity contribution in [2.24, 2.45) is 11.7 Å². The molecule has 0 radical (unpaired) electrons. The lowest BCUT2D eigenvalue weighted by Gasteiger charge is -2.18. The minimum Gasteiger partial charge on any atom is -0.356 e. The van der Waals surface area contributed by atoms with Crippen LogP contribution in [0.3, 0.4) is 0 Å². The Labute approximate surface area is 104 Å². The molecule has 1 aromatic rings. The van der Waals surface area contributed by atoms with Gasteiger partial charge < -0.3 is 10.6 Å². The highest BCUT2D eigenvalue weighted by atomic mass is 19.4. The third-order valence-corrected chi connectivity index (χ3v) is 3.26. The zero-order valence-electron chi connectivity index (χ0n) is 9.95. The second-order valence-electron chi connectivity index (χ2n) is 4.58. The van der Waals surface area contributed by atoms with Crippen molar-refractivity contribution >= 4 is 5.82 Å². The molecule has 6 heteroatoms. The van der Waals surface area contributed by atoms with Crippen LogP contribution < -0.4 is 10.6 Å². The van der Waals surface area contributed by atoms with Crippen LogP contribution in [0.25, 0.3) is 0 Å². The van der Waals surface area contributed by atoms with Gasteiger partial charge in [0.05, 0.1) is 5.56 Å². The van der Waals surface area contributed by atoms with Crippen LogP contribution in [-0.2, 0) is 6.18 Å². The van der Waals surface area contributed by atoms with E-state index < -0.39 is 11.7 Å². The summed E-state index contributed by atoms with van der Waals surface area (Å²) in [7, 11) is 0. The Hall–Kier alpha value is -1.30. The zero-order chi connectivity index (χ0) is 13.2. The first kappa shape index (κ1) is 13.1. The number of rotatable bonds is 3. The topological polar surface area (TPSA) is 42.1 Å². The van der Waals surface area contributed by atoms with E-state index in [9.17, 15) is 13.2 Å². The number of hydrogen-bond acceptors (Lipinski definition) is 3. The van der Waals surface area contributed by atoms with Crippen molar-refractivity contribution in [1.82, 2.24) is 4.98 Å². The lowest BCUT2D eigenvalue weighted by Crippen LogP contribution is -2.22. The van der Waals surface area contributed by atoms with Gasteiger partial charge in [-0.05, 0) is 37.4 Å². The number of aromatic nitrogens is 1. The van der Waals surface area contributed by atoms with E-state index in [2.05, 4.69) is 4.98 Å². The molecule has 1 atom stereocenters. The maximum Gasteiger partial charge on any atom is 0.416 e. The fraction of sp³-hybridized carbons (Fsp3) is 0.583. The van der Waals surface area contributed by atoms with Crippen molar-refractivity contribution in [1.29, 1.82) is 0 Å². The van der Waals surface area contributed by atoms with Crippen LogP contribution in [0.5, 0.6) is 0 Å². The summed E-state index contributed by atoms with van der Waals surface area (Å²) < 4.78 is 37.8. The molecule has 1 aliphatic rings. The molecule has 0 saturated carbocycles. The van der Waals surface area contributed by atoms with Crippen LogP contribution >= 0.6 is 0 Å². The monoisotopic (exact) mass is 259 g/mol. The van der Waals surface area contributed by atoms with E-state index in [4.69, 9.17) is 5.73 Å². The van der Waals surface area contributed by atoms with Gasteiger partial charge in [-0.25, -0.2) is 4.98 Å². The second kappa shape index (κ2) is 5.14. The molecule has 0 aromatic carbocycles. The highest BCUT2D eigenvalue weighted by molar-refractivity contribution is 5.42. The molecule has 1 aliphatic heterocycles. The Kier molecular flexibility index (Phi) is 3.75. The standard InChI is InChI=1S/C12H16F3N3/c13-12(14,15)10-2-5-17-11(7-10)18-6-3-9(8-18)1-4-16/h2,5,7,9H,1,3-4,6,8,16H2. The summed E-state index contributed by atoms with van der Waals surface area (Å²) in [5, 5.41) is 0. The molecule has 0 bridgehead atoms. The molecule has 1 unspecified atom stereocenters. The van der Waals surface area contributed by atoms with E-state index in [-0.39, 0.29) is 0 Å². The molecule has 2 N–H and O–H groups in total. The molecule has 0 spiro atoms. The molecule has 100 valence electrons. The maximum absolute atomic E-state index is 12.6. The Morgan fingerprint density at radius 3 is 2.89 bits per heavy atom. The van der Waals surface area contributed by atoms with E-state index in [0.717, 1.165) is 38.1 Å². The van der Waals surface area contributed by atoms with Gasteiger partial charge in [-0.15, -0.1) is 0 Å². The highest BCUT2D eigenvalue weighted by Crippen LogP contribution is 2.32. The van der Waals surface area contributed by atoms with E-state index in [0.29, 0.717) is 18.3 Å². The van der Waals surface area contributed by atoms with Crippen LogP contribution in [0.4, 0.5) is 19.0 Å². The Morgan fingerprint density at radius 1 is 1.44 bits per heavy atom. The molecule has 0 aliphatic carbocycles. The summed E-state index contributed by atoms with van der Waals surface area (Å²) in [6, 6.07) is 2.11. The van der Waals surface area contributed by atoms with Crippen LogP contribution in [0.15, 0.2) is 18.3 Å². The van der Waals surface area contributed by atoms with Crippen molar-refractivity contribution < 1.29 is 13.2 Å². The first-order chi connectivity index (χ1) is 8.50. The summed E-state index contributed by atoms with van der Waals surface area (Å²) in [6.07, 6.45) is -1.22. The van der Waals surface area contributed by atoms with Gasteiger partial charge in [0, 0.05) is 19.3 Å². The minimum atomic E-state index is -4.31. The smallest absolute Gasteiger partial charge is 0.356 e. The Morgan fingerprint density at radius 2 is 2.22 bits per heavy atom. The van der Waals surface area contributed by atoms with Gasteiger partial charge in [0.2, 0.25) is 0 Å². The Balaban J connectivity index is 2.10. The predicted molar refractivity (Wildman–Crippen MR) is 63.2 cm³/mol. The van der Waals surface area contributed by atoms with Crippen LogP contribution in [-0.4, -0.2) is 24.6 Å². The zero-order valence-corrected chi connectivity index (χ0v) is 9.95. The number of alkyl halides is 3. The van der Waals surface area contributed by atoms with Gasteiger partial charge in [-0.3, -0.25) is 0 Å². The minimum absolute atomic E-state index is 0.407. The van der Waals surface area contributed by atoms with Crippen molar-refractivity contribution in [3.8, 4) is 0 Å². The van der Waals surface area contributed by atoms with E-state index >= 15 is 0 Å². The van der Waals surface area contributed by atoms with Crippen molar-refractivity contribution in [2.45, 2.75) is 19.0 Å². The molecule has 0 amide bonds. The summed E-state index contributed by atoms with van der Waals surface area (Å²) in [5.74, 6) is 0.871. The Bertz CT molecular complexity index is 406. The third kappa shape index (κ3) is 2.93. The predicted octanol–water partition coefficient (Wildman–Crippen LogP) is 2.28. The SMILES string of the molecule is NCCC1CCN(c2cc(C(F)(F)F)ccn2)C1. The highest BCUT2D eigenvalue weighted by Gasteiger charge is 2.32. The van der Waals surface area contributed by atoms with Crippen molar-refractivity contribution in [2.75, 3.05) is 24.5 Å². The quantitative estimate of drug-likeness (QED) is 0.905. The molecule has 18 heavy (non-hydrogen) atoms. The molecule has 1 saturated heterocycles. The number of anilines is 1. The van der Waals surface area contributed by atoms with Gasteiger partial charge in [-0.1, -0.05) is 0 Å². The first-order valence-electron chi connectivity index (χ1n) is 5.99. The van der Waals surface area contributed by atoms with E-state index in [1.54, 1.807) is 0 Å². The fourth-order valence-electron chi connectivity index (χ4n) is 2.28. The largest absolute Gasteiger partial charge is 0.416 e. The maximum atomic E-state index is 12.6. The lowest BCUT2D eigenvalue weighted by molar-refractivity contribution is -0.137. The van der Waals surface area contributed by atoms with Gasteiger partial charge in [0.25, 0.3) is 0 Å². The summed E-state index contributed by atoms with van der Waals surface area (Å²) >= 11 is 0. The molecule has 2 heterocycles. The number of hydrogen-bond donors (Lipinski definition) is 1. The van der Waals surface area contributed by atoms with Crippen molar-refractivity contribution in [3.63, 3.8) is 0 Å². The second-order valence-corrected chi connectivity index (χ2v) is 4.58. The first-order valence-corrected chi connectivity index (χ1v) is 5.99. The normalized spacial score (nSPS) is 20.4. The lowest BCUT2D eigenvalue weighted by atomic mass is 10.1.